The molecule has 1 fully saturated rings. The van der Waals surface area contributed by atoms with Crippen LogP contribution in [0.4, 0.5) is 17.6 Å². The van der Waals surface area contributed by atoms with E-state index in [1.165, 1.54) is 37.5 Å². The number of ether oxygens (including phenoxy) is 1. The molecule has 2 aromatic carbocycles. The van der Waals surface area contributed by atoms with Crippen LogP contribution in [0.15, 0.2) is 54.6 Å². The average molecular weight is 458 g/mol. The summed E-state index contributed by atoms with van der Waals surface area (Å²) in [5, 5.41) is 4.30. The number of hydrogen-bond donors (Lipinski definition) is 0. The van der Waals surface area contributed by atoms with Gasteiger partial charge in [0, 0.05) is 5.69 Å². The van der Waals surface area contributed by atoms with Crippen molar-refractivity contribution in [3.8, 4) is 0 Å². The summed E-state index contributed by atoms with van der Waals surface area (Å²) in [5.74, 6) is -1.04. The van der Waals surface area contributed by atoms with Crippen LogP contribution in [0.25, 0.3) is 11.9 Å². The second-order valence-electron chi connectivity index (χ2n) is 8.21. The van der Waals surface area contributed by atoms with Crippen LogP contribution in [-0.2, 0) is 16.7 Å². The van der Waals surface area contributed by atoms with Crippen molar-refractivity contribution in [1.29, 1.82) is 0 Å². The van der Waals surface area contributed by atoms with E-state index in [4.69, 9.17) is 4.74 Å². The lowest BCUT2D eigenvalue weighted by atomic mass is 9.94. The Morgan fingerprint density at radius 2 is 1.85 bits per heavy atom. The average Bonchev–Trinajstić information content (AvgIpc) is 3.53. The second-order valence-corrected chi connectivity index (χ2v) is 8.21. The van der Waals surface area contributed by atoms with Gasteiger partial charge in [-0.3, -0.25) is 4.68 Å². The highest BCUT2D eigenvalue weighted by Crippen LogP contribution is 2.58. The maximum absolute atomic E-state index is 14.8. The number of halogens is 4. The summed E-state index contributed by atoms with van der Waals surface area (Å²) in [6.07, 6.45) is -2.87. The maximum Gasteiger partial charge on any atom is 0.398 e. The van der Waals surface area contributed by atoms with Crippen LogP contribution in [0.2, 0.25) is 0 Å². The minimum Gasteiger partial charge on any atom is -0.465 e. The smallest absolute Gasteiger partial charge is 0.398 e. The summed E-state index contributed by atoms with van der Waals surface area (Å²) in [4.78, 5) is 11.7. The summed E-state index contributed by atoms with van der Waals surface area (Å²) in [6.45, 7) is 2.12. The quantitative estimate of drug-likeness (QED) is 0.332. The molecule has 33 heavy (non-hydrogen) atoms. The summed E-state index contributed by atoms with van der Waals surface area (Å²) in [5.41, 5.74) is 0.953. The van der Waals surface area contributed by atoms with E-state index in [1.54, 1.807) is 35.9 Å². The van der Waals surface area contributed by atoms with E-state index in [0.717, 1.165) is 5.56 Å². The lowest BCUT2D eigenvalue weighted by Crippen LogP contribution is -2.28. The van der Waals surface area contributed by atoms with Gasteiger partial charge in [0.2, 0.25) is 0 Å². The second kappa shape index (κ2) is 8.50. The van der Waals surface area contributed by atoms with E-state index in [1.807, 2.05) is 6.07 Å². The Balaban J connectivity index is 1.51. The molecule has 1 saturated carbocycles. The molecule has 1 aromatic heterocycles. The van der Waals surface area contributed by atoms with Crippen LogP contribution in [0.3, 0.4) is 0 Å². The molecule has 0 spiro atoms. The first-order chi connectivity index (χ1) is 15.6. The summed E-state index contributed by atoms with van der Waals surface area (Å²) in [6, 6.07) is 14.3. The predicted octanol–water partition coefficient (Wildman–Crippen LogP) is 6.09. The summed E-state index contributed by atoms with van der Waals surface area (Å²) < 4.78 is 61.0. The number of benzene rings is 2. The van der Waals surface area contributed by atoms with Crippen LogP contribution in [-0.4, -0.2) is 29.0 Å². The first-order valence-electron chi connectivity index (χ1n) is 10.4. The molecule has 4 nitrogen and oxygen atoms in total. The first kappa shape index (κ1) is 22.8. The van der Waals surface area contributed by atoms with Gasteiger partial charge in [-0.1, -0.05) is 36.4 Å². The third-order valence-electron chi connectivity index (χ3n) is 5.96. The minimum atomic E-state index is -4.28. The van der Waals surface area contributed by atoms with Gasteiger partial charge in [0.25, 0.3) is 0 Å². The molecule has 1 aliphatic rings. The predicted molar refractivity (Wildman–Crippen MR) is 116 cm³/mol. The van der Waals surface area contributed by atoms with Crippen molar-refractivity contribution >= 4 is 17.9 Å². The van der Waals surface area contributed by atoms with Gasteiger partial charge in [-0.15, -0.1) is 0 Å². The highest BCUT2D eigenvalue weighted by atomic mass is 19.4. The van der Waals surface area contributed by atoms with Gasteiger partial charge < -0.3 is 4.74 Å². The number of esters is 1. The van der Waals surface area contributed by atoms with E-state index >= 15 is 0 Å². The molecule has 4 rings (SSSR count). The molecule has 0 amide bonds. The Morgan fingerprint density at radius 3 is 2.45 bits per heavy atom. The van der Waals surface area contributed by atoms with Crippen molar-refractivity contribution in [2.45, 2.75) is 37.9 Å². The SMILES string of the molecule is COC(=O)c1cccc(Cn2nc(C(F)=Cc3ccc(C4(C(F)(F)F)CC4)cc3)cc2C)c1. The van der Waals surface area contributed by atoms with Gasteiger partial charge >= 0.3 is 12.1 Å². The minimum absolute atomic E-state index is 0.0826. The molecule has 0 unspecified atom stereocenters. The van der Waals surface area contributed by atoms with Gasteiger partial charge in [0.1, 0.15) is 5.69 Å². The zero-order valence-corrected chi connectivity index (χ0v) is 18.1. The molecule has 0 N–H and O–H groups in total. The Morgan fingerprint density at radius 1 is 1.15 bits per heavy atom. The van der Waals surface area contributed by atoms with Crippen molar-refractivity contribution in [3.63, 3.8) is 0 Å². The van der Waals surface area contributed by atoms with Crippen molar-refractivity contribution < 1.29 is 27.1 Å². The molecule has 172 valence electrons. The lowest BCUT2D eigenvalue weighted by Gasteiger charge is -2.19. The molecular weight excluding hydrogens is 436 g/mol. The molecular formula is C25H22F4N2O2. The highest BCUT2D eigenvalue weighted by Gasteiger charge is 2.64. The van der Waals surface area contributed by atoms with E-state index in [-0.39, 0.29) is 24.1 Å². The molecule has 0 radical (unpaired) electrons. The normalized spacial score (nSPS) is 15.4. The fraction of sp³-hybridized carbons (Fsp3) is 0.280. The number of aromatic nitrogens is 2. The maximum atomic E-state index is 14.8. The van der Waals surface area contributed by atoms with Gasteiger partial charge in [-0.25, -0.2) is 9.18 Å². The van der Waals surface area contributed by atoms with Crippen molar-refractivity contribution in [2.75, 3.05) is 7.11 Å². The Hall–Kier alpha value is -3.42. The monoisotopic (exact) mass is 458 g/mol. The number of nitrogens with zero attached hydrogens (tertiary/aromatic N) is 2. The van der Waals surface area contributed by atoms with E-state index < -0.39 is 23.4 Å². The topological polar surface area (TPSA) is 44.1 Å². The molecule has 1 aliphatic carbocycles. The summed E-state index contributed by atoms with van der Waals surface area (Å²) >= 11 is 0. The molecule has 0 bridgehead atoms. The number of alkyl halides is 3. The van der Waals surface area contributed by atoms with Crippen LogP contribution in [0, 0.1) is 6.92 Å². The Kier molecular flexibility index (Phi) is 5.86. The Bertz CT molecular complexity index is 1210. The number of rotatable bonds is 6. The third-order valence-corrected chi connectivity index (χ3v) is 5.96. The lowest BCUT2D eigenvalue weighted by molar-refractivity contribution is -0.160. The highest BCUT2D eigenvalue weighted by molar-refractivity contribution is 5.89. The van der Waals surface area contributed by atoms with Gasteiger partial charge in [0.15, 0.2) is 5.83 Å². The molecule has 1 heterocycles. The van der Waals surface area contributed by atoms with Gasteiger partial charge in [0.05, 0.1) is 24.6 Å². The largest absolute Gasteiger partial charge is 0.465 e. The van der Waals surface area contributed by atoms with Crippen LogP contribution < -0.4 is 0 Å². The molecule has 8 heteroatoms. The van der Waals surface area contributed by atoms with Crippen molar-refractivity contribution in [1.82, 2.24) is 9.78 Å². The molecule has 3 aromatic rings. The Labute approximate surface area is 188 Å². The van der Waals surface area contributed by atoms with Crippen molar-refractivity contribution in [3.05, 3.63) is 88.2 Å². The van der Waals surface area contributed by atoms with Gasteiger partial charge in [-0.05, 0) is 60.7 Å². The molecule has 0 atom stereocenters. The standard InChI is InChI=1S/C25H22F4N2O2/c1-16-12-22(30-31(16)15-18-4-3-5-19(13-18)23(32)33-2)21(26)14-17-6-8-20(9-7-17)24(10-11-24)25(27,28)29/h3-9,12-14H,10-11,15H2,1-2H3. The van der Waals surface area contributed by atoms with E-state index in [0.29, 0.717) is 23.4 Å². The van der Waals surface area contributed by atoms with Gasteiger partial charge in [-0.2, -0.15) is 18.3 Å². The van der Waals surface area contributed by atoms with Crippen LogP contribution in [0.5, 0.6) is 0 Å². The van der Waals surface area contributed by atoms with Crippen molar-refractivity contribution in [2.24, 2.45) is 0 Å². The van der Waals surface area contributed by atoms with E-state index in [2.05, 4.69) is 5.10 Å². The fourth-order valence-electron chi connectivity index (χ4n) is 3.85. The summed E-state index contributed by atoms with van der Waals surface area (Å²) in [7, 11) is 1.31. The van der Waals surface area contributed by atoms with E-state index in [9.17, 15) is 22.4 Å². The molecule has 0 saturated heterocycles. The number of carbonyl (C=O) groups is 1. The third kappa shape index (κ3) is 4.55. The fourth-order valence-corrected chi connectivity index (χ4v) is 3.85. The number of methoxy groups -OCH3 is 1. The number of carbonyl (C=O) groups excluding carboxylic acids is 1. The molecule has 0 aliphatic heterocycles. The number of hydrogen-bond acceptors (Lipinski definition) is 3. The van der Waals surface area contributed by atoms with Crippen LogP contribution >= 0.6 is 0 Å². The zero-order chi connectivity index (χ0) is 23.8. The zero-order valence-electron chi connectivity index (χ0n) is 18.1. The number of aryl methyl sites for hydroxylation is 1. The first-order valence-corrected chi connectivity index (χ1v) is 10.4. The van der Waals surface area contributed by atoms with Crippen LogP contribution in [0.1, 0.15) is 51.3 Å².